The number of nitrogens with two attached hydrogens (primary N) is 1. The van der Waals surface area contributed by atoms with Crippen LogP contribution in [-0.2, 0) is 9.53 Å². The van der Waals surface area contributed by atoms with Crippen molar-refractivity contribution in [2.75, 3.05) is 39.4 Å². The molecule has 1 fully saturated rings. The quantitative estimate of drug-likeness (QED) is 0.820. The maximum absolute atomic E-state index is 11.7. The molecule has 5 nitrogen and oxygen atoms in total. The standard InChI is InChI=1S/C15H22ClN3O2.ClH/c16-13-4-2-1-3-12(13)14(11-18-15(20)5-6-17)19-7-9-21-10-8-19;/h1-4,14H,5-11,17H2,(H,18,20);1H. The molecule has 0 spiro atoms. The molecule has 7 heteroatoms. The monoisotopic (exact) mass is 347 g/mol. The van der Waals surface area contributed by atoms with Gasteiger partial charge in [0.25, 0.3) is 0 Å². The summed E-state index contributed by atoms with van der Waals surface area (Å²) in [7, 11) is 0. The molecule has 0 saturated carbocycles. The summed E-state index contributed by atoms with van der Waals surface area (Å²) in [5, 5.41) is 3.67. The maximum Gasteiger partial charge on any atom is 0.221 e. The largest absolute Gasteiger partial charge is 0.379 e. The highest BCUT2D eigenvalue weighted by molar-refractivity contribution is 6.31. The summed E-state index contributed by atoms with van der Waals surface area (Å²) in [6.45, 7) is 3.98. The molecule has 0 bridgehead atoms. The van der Waals surface area contributed by atoms with Gasteiger partial charge in [-0.3, -0.25) is 9.69 Å². The van der Waals surface area contributed by atoms with Crippen LogP contribution in [0.4, 0.5) is 0 Å². The molecule has 1 aliphatic rings. The molecule has 1 unspecified atom stereocenters. The fourth-order valence-electron chi connectivity index (χ4n) is 2.50. The number of amides is 1. The number of hydrogen-bond acceptors (Lipinski definition) is 4. The minimum Gasteiger partial charge on any atom is -0.379 e. The minimum atomic E-state index is -0.0252. The lowest BCUT2D eigenvalue weighted by Gasteiger charge is -2.35. The number of morpholine rings is 1. The third-order valence-electron chi connectivity index (χ3n) is 3.61. The van der Waals surface area contributed by atoms with Gasteiger partial charge in [0.15, 0.2) is 0 Å². The van der Waals surface area contributed by atoms with E-state index in [0.29, 0.717) is 32.7 Å². The summed E-state index contributed by atoms with van der Waals surface area (Å²) >= 11 is 6.32. The van der Waals surface area contributed by atoms with Crippen LogP contribution in [0.2, 0.25) is 5.02 Å². The number of carbonyl (C=O) groups excluding carboxylic acids is 1. The van der Waals surface area contributed by atoms with E-state index in [1.165, 1.54) is 0 Å². The Hall–Kier alpha value is -0.850. The third-order valence-corrected chi connectivity index (χ3v) is 3.96. The van der Waals surface area contributed by atoms with Crippen molar-refractivity contribution >= 4 is 29.9 Å². The van der Waals surface area contributed by atoms with Crippen molar-refractivity contribution in [3.8, 4) is 0 Å². The van der Waals surface area contributed by atoms with Gasteiger partial charge in [0.2, 0.25) is 5.91 Å². The van der Waals surface area contributed by atoms with Gasteiger partial charge in [-0.1, -0.05) is 29.8 Å². The fraction of sp³-hybridized carbons (Fsp3) is 0.533. The predicted molar refractivity (Wildman–Crippen MR) is 90.5 cm³/mol. The molecule has 1 aromatic rings. The van der Waals surface area contributed by atoms with Gasteiger partial charge in [-0.15, -0.1) is 12.4 Å². The van der Waals surface area contributed by atoms with Gasteiger partial charge in [-0.2, -0.15) is 0 Å². The van der Waals surface area contributed by atoms with Crippen molar-refractivity contribution in [1.29, 1.82) is 0 Å². The number of carbonyl (C=O) groups is 1. The van der Waals surface area contributed by atoms with E-state index in [2.05, 4.69) is 10.2 Å². The first-order valence-electron chi connectivity index (χ1n) is 7.25. The Bertz CT molecular complexity index is 468. The van der Waals surface area contributed by atoms with Crippen molar-refractivity contribution in [3.63, 3.8) is 0 Å². The summed E-state index contributed by atoms with van der Waals surface area (Å²) in [5.74, 6) is -0.0252. The van der Waals surface area contributed by atoms with Crippen LogP contribution in [0.5, 0.6) is 0 Å². The highest BCUT2D eigenvalue weighted by Gasteiger charge is 2.24. The van der Waals surface area contributed by atoms with E-state index in [0.717, 1.165) is 23.7 Å². The van der Waals surface area contributed by atoms with Crippen LogP contribution in [0.1, 0.15) is 18.0 Å². The molecule has 22 heavy (non-hydrogen) atoms. The summed E-state index contributed by atoms with van der Waals surface area (Å²) in [6, 6.07) is 7.83. The molecule has 0 aromatic heterocycles. The Morgan fingerprint density at radius 2 is 2.05 bits per heavy atom. The van der Waals surface area contributed by atoms with Gasteiger partial charge >= 0.3 is 0 Å². The Labute approximate surface area is 142 Å². The van der Waals surface area contributed by atoms with Gasteiger partial charge in [0.05, 0.1) is 19.3 Å². The van der Waals surface area contributed by atoms with Crippen LogP contribution in [0, 0.1) is 0 Å². The average molecular weight is 348 g/mol. The predicted octanol–water partition coefficient (Wildman–Crippen LogP) is 1.60. The van der Waals surface area contributed by atoms with Crippen LogP contribution in [0.15, 0.2) is 24.3 Å². The number of nitrogens with zero attached hydrogens (tertiary/aromatic N) is 1. The Morgan fingerprint density at radius 3 is 2.68 bits per heavy atom. The zero-order valence-corrected chi connectivity index (χ0v) is 14.0. The van der Waals surface area contributed by atoms with Gasteiger partial charge in [-0.25, -0.2) is 0 Å². The van der Waals surface area contributed by atoms with Gasteiger partial charge < -0.3 is 15.8 Å². The molecule has 124 valence electrons. The number of ether oxygens (including phenoxy) is 1. The zero-order chi connectivity index (χ0) is 15.1. The van der Waals surface area contributed by atoms with E-state index in [1.807, 2.05) is 24.3 Å². The number of benzene rings is 1. The summed E-state index contributed by atoms with van der Waals surface area (Å²) in [6.07, 6.45) is 0.346. The van der Waals surface area contributed by atoms with Crippen LogP contribution in [-0.4, -0.2) is 50.2 Å². The first-order chi connectivity index (χ1) is 10.2. The third kappa shape index (κ3) is 5.41. The van der Waals surface area contributed by atoms with Crippen molar-refractivity contribution in [3.05, 3.63) is 34.9 Å². The molecule has 1 heterocycles. The van der Waals surface area contributed by atoms with Crippen LogP contribution in [0.3, 0.4) is 0 Å². The van der Waals surface area contributed by atoms with E-state index in [9.17, 15) is 4.79 Å². The molecule has 1 amide bonds. The van der Waals surface area contributed by atoms with E-state index in [-0.39, 0.29) is 24.4 Å². The molecule has 1 atom stereocenters. The second-order valence-electron chi connectivity index (χ2n) is 5.03. The topological polar surface area (TPSA) is 67.6 Å². The van der Waals surface area contributed by atoms with Crippen molar-refractivity contribution in [2.24, 2.45) is 5.73 Å². The van der Waals surface area contributed by atoms with Crippen molar-refractivity contribution < 1.29 is 9.53 Å². The number of halogens is 2. The smallest absolute Gasteiger partial charge is 0.221 e. The molecule has 1 saturated heterocycles. The first-order valence-corrected chi connectivity index (χ1v) is 7.63. The molecule has 0 aliphatic carbocycles. The molecule has 2 rings (SSSR count). The molecular formula is C15H23Cl2N3O2. The lowest BCUT2D eigenvalue weighted by molar-refractivity contribution is -0.121. The van der Waals surface area contributed by atoms with Crippen molar-refractivity contribution in [1.82, 2.24) is 10.2 Å². The fourth-order valence-corrected chi connectivity index (χ4v) is 2.76. The Kier molecular flexibility index (Phi) is 8.75. The second-order valence-corrected chi connectivity index (χ2v) is 5.44. The lowest BCUT2D eigenvalue weighted by atomic mass is 10.0. The minimum absolute atomic E-state index is 0. The zero-order valence-electron chi connectivity index (χ0n) is 12.5. The number of nitrogens with one attached hydrogen (secondary N) is 1. The second kappa shape index (κ2) is 10.0. The number of hydrogen-bond donors (Lipinski definition) is 2. The van der Waals surface area contributed by atoms with Crippen LogP contribution >= 0.6 is 24.0 Å². The van der Waals surface area contributed by atoms with E-state index >= 15 is 0 Å². The molecule has 3 N–H and O–H groups in total. The summed E-state index contributed by atoms with van der Waals surface area (Å²) in [4.78, 5) is 14.0. The Balaban J connectivity index is 0.00000242. The molecular weight excluding hydrogens is 325 g/mol. The van der Waals surface area contributed by atoms with E-state index in [1.54, 1.807) is 0 Å². The average Bonchev–Trinajstić information content (AvgIpc) is 2.50. The maximum atomic E-state index is 11.7. The van der Waals surface area contributed by atoms with Crippen LogP contribution < -0.4 is 11.1 Å². The molecule has 0 radical (unpaired) electrons. The first kappa shape index (κ1) is 19.2. The van der Waals surface area contributed by atoms with E-state index in [4.69, 9.17) is 22.1 Å². The van der Waals surface area contributed by atoms with Crippen molar-refractivity contribution in [2.45, 2.75) is 12.5 Å². The van der Waals surface area contributed by atoms with Gasteiger partial charge in [0.1, 0.15) is 0 Å². The highest BCUT2D eigenvalue weighted by Crippen LogP contribution is 2.27. The van der Waals surface area contributed by atoms with Gasteiger partial charge in [-0.05, 0) is 11.6 Å². The van der Waals surface area contributed by atoms with Gasteiger partial charge in [0, 0.05) is 37.6 Å². The summed E-state index contributed by atoms with van der Waals surface area (Å²) in [5.41, 5.74) is 6.44. The molecule has 1 aliphatic heterocycles. The van der Waals surface area contributed by atoms with Crippen LogP contribution in [0.25, 0.3) is 0 Å². The Morgan fingerprint density at radius 1 is 1.36 bits per heavy atom. The number of rotatable bonds is 6. The normalized spacial score (nSPS) is 16.6. The highest BCUT2D eigenvalue weighted by atomic mass is 35.5. The van der Waals surface area contributed by atoms with E-state index < -0.39 is 0 Å². The lowest BCUT2D eigenvalue weighted by Crippen LogP contribution is -2.44. The SMILES string of the molecule is Cl.NCCC(=O)NCC(c1ccccc1Cl)N1CCOCC1. The molecule has 1 aromatic carbocycles. The summed E-state index contributed by atoms with van der Waals surface area (Å²) < 4.78 is 5.40.